The second-order valence-corrected chi connectivity index (χ2v) is 7.07. The first kappa shape index (κ1) is 18.8. The van der Waals surface area contributed by atoms with Crippen molar-refractivity contribution in [1.82, 2.24) is 9.97 Å². The maximum Gasteiger partial charge on any atom is 0.295 e. The van der Waals surface area contributed by atoms with E-state index < -0.39 is 18.2 Å². The minimum absolute atomic E-state index is 0.201. The molecule has 0 aliphatic rings. The van der Waals surface area contributed by atoms with Crippen molar-refractivity contribution in [2.75, 3.05) is 10.6 Å². The maximum atomic E-state index is 12.7. The number of imidazole rings is 1. The van der Waals surface area contributed by atoms with Gasteiger partial charge < -0.3 is 15.6 Å². The van der Waals surface area contributed by atoms with Gasteiger partial charge in [-0.05, 0) is 53.9 Å². The van der Waals surface area contributed by atoms with Gasteiger partial charge in [-0.15, -0.1) is 11.3 Å². The molecule has 0 radical (unpaired) electrons. The van der Waals surface area contributed by atoms with Crippen molar-refractivity contribution in [3.8, 4) is 0 Å². The number of nitrogens with zero attached hydrogens (tertiary/aromatic N) is 1. The van der Waals surface area contributed by atoms with Crippen molar-refractivity contribution in [2.45, 2.75) is 6.43 Å². The number of aromatic amines is 1. The second-order valence-electron chi connectivity index (χ2n) is 6.12. The topological polar surface area (TPSA) is 86.9 Å². The molecule has 0 bridgehead atoms. The Morgan fingerprint density at radius 1 is 0.966 bits per heavy atom. The average Bonchev–Trinajstić information content (AvgIpc) is 3.38. The fourth-order valence-corrected chi connectivity index (χ4v) is 3.33. The minimum atomic E-state index is -2.71. The number of hydrogen-bond acceptors (Lipinski definition) is 4. The van der Waals surface area contributed by atoms with E-state index in [-0.39, 0.29) is 5.91 Å². The van der Waals surface area contributed by atoms with Crippen LogP contribution >= 0.6 is 11.3 Å². The molecule has 2 amide bonds. The summed E-state index contributed by atoms with van der Waals surface area (Å²) in [6.07, 6.45) is -2.71. The number of benzene rings is 2. The molecule has 4 rings (SSSR count). The quantitative estimate of drug-likeness (QED) is 0.428. The molecule has 29 heavy (non-hydrogen) atoms. The normalized spacial score (nSPS) is 11.0. The number of amides is 2. The van der Waals surface area contributed by atoms with Crippen LogP contribution in [0.1, 0.15) is 32.3 Å². The Labute approximate surface area is 167 Å². The van der Waals surface area contributed by atoms with Crippen molar-refractivity contribution in [3.05, 3.63) is 76.2 Å². The third-order valence-electron chi connectivity index (χ3n) is 4.11. The summed E-state index contributed by atoms with van der Waals surface area (Å²) in [5.41, 5.74) is 2.15. The van der Waals surface area contributed by atoms with E-state index in [1.54, 1.807) is 36.4 Å². The van der Waals surface area contributed by atoms with Crippen LogP contribution in [0.2, 0.25) is 0 Å². The lowest BCUT2D eigenvalue weighted by Gasteiger charge is -2.08. The van der Waals surface area contributed by atoms with Crippen LogP contribution < -0.4 is 10.6 Å². The Bertz CT molecular complexity index is 1170. The van der Waals surface area contributed by atoms with Crippen molar-refractivity contribution in [1.29, 1.82) is 0 Å². The number of carbonyl (C=O) groups is 2. The third-order valence-corrected chi connectivity index (χ3v) is 4.98. The number of hydrogen-bond donors (Lipinski definition) is 3. The summed E-state index contributed by atoms with van der Waals surface area (Å²) in [6, 6.07) is 14.7. The zero-order valence-electron chi connectivity index (χ0n) is 14.8. The molecule has 146 valence electrons. The lowest BCUT2D eigenvalue weighted by Crippen LogP contribution is -2.12. The molecule has 6 nitrogen and oxygen atoms in total. The van der Waals surface area contributed by atoms with E-state index in [0.29, 0.717) is 32.8 Å². The number of H-pyrrole nitrogens is 1. The standard InChI is InChI=1S/C20H14F2N4O2S/c21-17(22)18-25-14-8-3-11(10-15(14)26-18)19(27)23-12-4-6-13(7-5-12)24-20(28)16-2-1-9-29-16/h1-10,17H,(H,23,27)(H,24,28)(H,25,26). The highest BCUT2D eigenvalue weighted by molar-refractivity contribution is 7.12. The molecule has 0 aliphatic heterocycles. The predicted molar refractivity (Wildman–Crippen MR) is 108 cm³/mol. The highest BCUT2D eigenvalue weighted by Crippen LogP contribution is 2.22. The van der Waals surface area contributed by atoms with Gasteiger partial charge in [0.05, 0.1) is 15.9 Å². The Morgan fingerprint density at radius 2 is 1.66 bits per heavy atom. The van der Waals surface area contributed by atoms with E-state index in [1.807, 2.05) is 5.38 Å². The Kier molecular flexibility index (Phi) is 5.05. The van der Waals surface area contributed by atoms with Crippen molar-refractivity contribution in [3.63, 3.8) is 0 Å². The fourth-order valence-electron chi connectivity index (χ4n) is 2.71. The molecule has 2 heterocycles. The van der Waals surface area contributed by atoms with Gasteiger partial charge in [-0.1, -0.05) is 6.07 Å². The van der Waals surface area contributed by atoms with E-state index in [0.717, 1.165) is 0 Å². The molecule has 3 N–H and O–H groups in total. The third kappa shape index (κ3) is 4.14. The number of fused-ring (bicyclic) bond motifs is 1. The molecule has 0 aliphatic carbocycles. The molecule has 0 spiro atoms. The lowest BCUT2D eigenvalue weighted by molar-refractivity contribution is 0.102. The zero-order valence-corrected chi connectivity index (χ0v) is 15.6. The number of rotatable bonds is 5. The van der Waals surface area contributed by atoms with Gasteiger partial charge in [-0.25, -0.2) is 13.8 Å². The summed E-state index contributed by atoms with van der Waals surface area (Å²) in [4.78, 5) is 31.4. The van der Waals surface area contributed by atoms with Gasteiger partial charge in [0.2, 0.25) is 0 Å². The Balaban J connectivity index is 1.44. The van der Waals surface area contributed by atoms with E-state index in [1.165, 1.54) is 29.5 Å². The number of anilines is 2. The van der Waals surface area contributed by atoms with Gasteiger partial charge in [-0.2, -0.15) is 0 Å². The maximum absolute atomic E-state index is 12.7. The molecule has 2 aromatic carbocycles. The predicted octanol–water partition coefficient (Wildman–Crippen LogP) is 5.07. The first-order valence-electron chi connectivity index (χ1n) is 8.54. The number of alkyl halides is 2. The largest absolute Gasteiger partial charge is 0.337 e. The molecular formula is C20H14F2N4O2S. The van der Waals surface area contributed by atoms with Gasteiger partial charge in [0.15, 0.2) is 5.82 Å². The summed E-state index contributed by atoms with van der Waals surface area (Å²) < 4.78 is 25.5. The summed E-state index contributed by atoms with van der Waals surface area (Å²) >= 11 is 1.35. The van der Waals surface area contributed by atoms with Crippen LogP contribution in [0, 0.1) is 0 Å². The molecule has 0 saturated carbocycles. The smallest absolute Gasteiger partial charge is 0.295 e. The van der Waals surface area contributed by atoms with Crippen LogP contribution in [0.3, 0.4) is 0 Å². The van der Waals surface area contributed by atoms with E-state index in [2.05, 4.69) is 20.6 Å². The molecule has 0 unspecified atom stereocenters. The van der Waals surface area contributed by atoms with E-state index in [4.69, 9.17) is 0 Å². The summed E-state index contributed by atoms with van der Waals surface area (Å²) in [5, 5.41) is 7.32. The van der Waals surface area contributed by atoms with Crippen LogP contribution in [0.15, 0.2) is 60.0 Å². The van der Waals surface area contributed by atoms with Gasteiger partial charge in [0.25, 0.3) is 18.2 Å². The van der Waals surface area contributed by atoms with Crippen molar-refractivity contribution < 1.29 is 18.4 Å². The number of halogens is 2. The second kappa shape index (κ2) is 7.80. The molecule has 0 saturated heterocycles. The first-order chi connectivity index (χ1) is 14.0. The van der Waals surface area contributed by atoms with Crippen molar-refractivity contribution >= 4 is 45.6 Å². The molecule has 9 heteroatoms. The van der Waals surface area contributed by atoms with Crippen LogP contribution in [0.25, 0.3) is 11.0 Å². The number of aromatic nitrogens is 2. The average molecular weight is 412 g/mol. The lowest BCUT2D eigenvalue weighted by atomic mass is 10.2. The van der Waals surface area contributed by atoms with Gasteiger partial charge in [0, 0.05) is 16.9 Å². The fraction of sp³-hybridized carbons (Fsp3) is 0.0500. The zero-order chi connectivity index (χ0) is 20.4. The Hall–Kier alpha value is -3.59. The SMILES string of the molecule is O=C(Nc1ccc(NC(=O)c2cccs2)cc1)c1ccc2nc(C(F)F)[nH]c2c1. The molecule has 4 aromatic rings. The van der Waals surface area contributed by atoms with Crippen LogP contribution in [-0.4, -0.2) is 21.8 Å². The molecular weight excluding hydrogens is 398 g/mol. The van der Waals surface area contributed by atoms with Crippen LogP contribution in [0.5, 0.6) is 0 Å². The summed E-state index contributed by atoms with van der Waals surface area (Å²) in [7, 11) is 0. The Morgan fingerprint density at radius 3 is 2.28 bits per heavy atom. The van der Waals surface area contributed by atoms with Gasteiger partial charge >= 0.3 is 0 Å². The first-order valence-corrected chi connectivity index (χ1v) is 9.41. The van der Waals surface area contributed by atoms with E-state index >= 15 is 0 Å². The van der Waals surface area contributed by atoms with Crippen LogP contribution in [-0.2, 0) is 0 Å². The number of carbonyl (C=O) groups excluding carboxylic acids is 2. The summed E-state index contributed by atoms with van der Waals surface area (Å²) in [6.45, 7) is 0. The monoisotopic (exact) mass is 412 g/mol. The van der Waals surface area contributed by atoms with Gasteiger partial charge in [-0.3, -0.25) is 9.59 Å². The van der Waals surface area contributed by atoms with Crippen molar-refractivity contribution in [2.24, 2.45) is 0 Å². The van der Waals surface area contributed by atoms with Gasteiger partial charge in [0.1, 0.15) is 0 Å². The van der Waals surface area contributed by atoms with Crippen LogP contribution in [0.4, 0.5) is 20.2 Å². The highest BCUT2D eigenvalue weighted by atomic mass is 32.1. The highest BCUT2D eigenvalue weighted by Gasteiger charge is 2.14. The number of nitrogens with one attached hydrogen (secondary N) is 3. The number of thiophene rings is 1. The van der Waals surface area contributed by atoms with E-state index in [9.17, 15) is 18.4 Å². The molecule has 0 fully saturated rings. The molecule has 0 atom stereocenters. The minimum Gasteiger partial charge on any atom is -0.337 e. The molecule has 2 aromatic heterocycles. The summed E-state index contributed by atoms with van der Waals surface area (Å²) in [5.74, 6) is -1.03.